The summed E-state index contributed by atoms with van der Waals surface area (Å²) in [6.45, 7) is 2.84. The van der Waals surface area contributed by atoms with Crippen molar-refractivity contribution in [2.24, 2.45) is 12.8 Å². The largest absolute Gasteiger partial charge is 0.345 e. The van der Waals surface area contributed by atoms with Crippen LogP contribution in [-0.2, 0) is 13.6 Å². The van der Waals surface area contributed by atoms with E-state index in [-0.39, 0.29) is 5.69 Å². The summed E-state index contributed by atoms with van der Waals surface area (Å²) >= 11 is 0. The third kappa shape index (κ3) is 2.06. The molecule has 13 heavy (non-hydrogen) atoms. The first kappa shape index (κ1) is 9.73. The van der Waals surface area contributed by atoms with E-state index in [0.29, 0.717) is 13.1 Å². The Bertz CT molecular complexity index is 360. The van der Waals surface area contributed by atoms with Crippen LogP contribution in [0.4, 0.5) is 0 Å². The number of allylic oxidation sites excluding steroid dienone is 1. The van der Waals surface area contributed by atoms with Gasteiger partial charge in [0, 0.05) is 13.6 Å². The molecular weight excluding hydrogens is 168 g/mol. The first-order chi connectivity index (χ1) is 6.19. The zero-order valence-electron chi connectivity index (χ0n) is 7.90. The molecule has 0 spiro atoms. The molecule has 5 heteroatoms. The van der Waals surface area contributed by atoms with E-state index in [1.54, 1.807) is 7.05 Å². The van der Waals surface area contributed by atoms with E-state index in [1.165, 1.54) is 15.6 Å². The molecule has 0 aromatic carbocycles. The van der Waals surface area contributed by atoms with Gasteiger partial charge in [-0.2, -0.15) is 5.10 Å². The number of rotatable bonds is 3. The van der Waals surface area contributed by atoms with Crippen molar-refractivity contribution in [3.63, 3.8) is 0 Å². The minimum Gasteiger partial charge on any atom is -0.327 e. The number of aromatic nitrogens is 3. The standard InChI is InChI=1S/C8H14N4O/c1-3-7(4-9)5-12-8(13)11(2)6-10-12/h3,6H,4-5,9H2,1-2H3/b7-3+. The van der Waals surface area contributed by atoms with Gasteiger partial charge < -0.3 is 5.73 Å². The Labute approximate surface area is 76.5 Å². The predicted octanol–water partition coefficient (Wildman–Crippen LogP) is -0.513. The van der Waals surface area contributed by atoms with Crippen molar-refractivity contribution in [2.45, 2.75) is 13.5 Å². The van der Waals surface area contributed by atoms with Gasteiger partial charge in [0.2, 0.25) is 0 Å². The number of hydrogen-bond acceptors (Lipinski definition) is 3. The van der Waals surface area contributed by atoms with Crippen LogP contribution in [0.3, 0.4) is 0 Å². The minimum absolute atomic E-state index is 0.118. The molecule has 5 nitrogen and oxygen atoms in total. The van der Waals surface area contributed by atoms with E-state index in [4.69, 9.17) is 5.73 Å². The lowest BCUT2D eigenvalue weighted by Crippen LogP contribution is -2.25. The smallest absolute Gasteiger partial charge is 0.327 e. The number of hydrogen-bond donors (Lipinski definition) is 1. The van der Waals surface area contributed by atoms with E-state index >= 15 is 0 Å². The molecule has 0 aliphatic heterocycles. The van der Waals surface area contributed by atoms with Gasteiger partial charge in [0.15, 0.2) is 0 Å². The second kappa shape index (κ2) is 4.04. The Morgan fingerprint density at radius 1 is 1.77 bits per heavy atom. The van der Waals surface area contributed by atoms with Crippen LogP contribution in [-0.4, -0.2) is 20.9 Å². The second-order valence-corrected chi connectivity index (χ2v) is 2.83. The molecule has 0 fully saturated rings. The number of nitrogens with two attached hydrogens (primary N) is 1. The molecule has 0 amide bonds. The lowest BCUT2D eigenvalue weighted by atomic mass is 10.2. The van der Waals surface area contributed by atoms with Gasteiger partial charge >= 0.3 is 5.69 Å². The summed E-state index contributed by atoms with van der Waals surface area (Å²) in [5.74, 6) is 0. The van der Waals surface area contributed by atoms with E-state index in [2.05, 4.69) is 5.10 Å². The fourth-order valence-corrected chi connectivity index (χ4v) is 0.995. The molecule has 72 valence electrons. The molecule has 0 saturated heterocycles. The van der Waals surface area contributed by atoms with Crippen LogP contribution in [0.25, 0.3) is 0 Å². The van der Waals surface area contributed by atoms with Crippen LogP contribution in [0.2, 0.25) is 0 Å². The number of nitrogens with zero attached hydrogens (tertiary/aromatic N) is 3. The van der Waals surface area contributed by atoms with Gasteiger partial charge in [0.05, 0.1) is 6.54 Å². The van der Waals surface area contributed by atoms with Crippen LogP contribution < -0.4 is 11.4 Å². The van der Waals surface area contributed by atoms with Crippen LogP contribution in [0.5, 0.6) is 0 Å². The van der Waals surface area contributed by atoms with Crippen LogP contribution in [0, 0.1) is 0 Å². The fourth-order valence-electron chi connectivity index (χ4n) is 0.995. The summed E-state index contributed by atoms with van der Waals surface area (Å²) in [5, 5.41) is 3.92. The molecule has 1 aromatic rings. The molecule has 0 radical (unpaired) electrons. The Balaban J connectivity index is 2.86. The van der Waals surface area contributed by atoms with Gasteiger partial charge in [-0.3, -0.25) is 4.57 Å². The summed E-state index contributed by atoms with van der Waals surface area (Å²) in [6, 6.07) is 0. The minimum atomic E-state index is -0.118. The summed E-state index contributed by atoms with van der Waals surface area (Å²) in [6.07, 6.45) is 3.40. The average molecular weight is 182 g/mol. The number of aryl methyl sites for hydroxylation is 1. The third-order valence-corrected chi connectivity index (χ3v) is 1.91. The lowest BCUT2D eigenvalue weighted by molar-refractivity contribution is 0.631. The van der Waals surface area contributed by atoms with Crippen LogP contribution >= 0.6 is 0 Å². The average Bonchev–Trinajstić information content (AvgIpc) is 2.45. The van der Waals surface area contributed by atoms with Gasteiger partial charge in [-0.05, 0) is 12.5 Å². The quantitative estimate of drug-likeness (QED) is 0.640. The normalized spacial score (nSPS) is 12.1. The highest BCUT2D eigenvalue weighted by molar-refractivity contribution is 5.01. The molecule has 0 atom stereocenters. The molecule has 0 saturated carbocycles. The third-order valence-electron chi connectivity index (χ3n) is 1.91. The van der Waals surface area contributed by atoms with Crippen molar-refractivity contribution in [2.75, 3.05) is 6.54 Å². The SMILES string of the molecule is C/C=C(\CN)Cn1ncn(C)c1=O. The van der Waals surface area contributed by atoms with Crippen molar-refractivity contribution in [3.8, 4) is 0 Å². The maximum atomic E-state index is 11.3. The summed E-state index contributed by atoms with van der Waals surface area (Å²) in [5.41, 5.74) is 6.35. The zero-order chi connectivity index (χ0) is 9.84. The van der Waals surface area contributed by atoms with Gasteiger partial charge in [-0.1, -0.05) is 6.08 Å². The Hall–Kier alpha value is -1.36. The van der Waals surface area contributed by atoms with Crippen LogP contribution in [0.15, 0.2) is 22.8 Å². The molecule has 0 unspecified atom stereocenters. The fraction of sp³-hybridized carbons (Fsp3) is 0.500. The molecule has 1 heterocycles. The van der Waals surface area contributed by atoms with Crippen molar-refractivity contribution < 1.29 is 0 Å². The second-order valence-electron chi connectivity index (χ2n) is 2.83. The highest BCUT2D eigenvalue weighted by Gasteiger charge is 2.02. The molecule has 0 bridgehead atoms. The molecule has 1 aromatic heterocycles. The molecule has 0 aliphatic carbocycles. The van der Waals surface area contributed by atoms with Crippen molar-refractivity contribution in [1.82, 2.24) is 14.3 Å². The van der Waals surface area contributed by atoms with Gasteiger partial charge in [-0.15, -0.1) is 0 Å². The first-order valence-corrected chi connectivity index (χ1v) is 4.11. The zero-order valence-corrected chi connectivity index (χ0v) is 7.90. The monoisotopic (exact) mass is 182 g/mol. The highest BCUT2D eigenvalue weighted by Crippen LogP contribution is 1.93. The van der Waals surface area contributed by atoms with E-state index in [0.717, 1.165) is 5.57 Å². The summed E-state index contributed by atoms with van der Waals surface area (Å²) in [4.78, 5) is 11.3. The van der Waals surface area contributed by atoms with E-state index in [1.807, 2.05) is 13.0 Å². The Kier molecular flexibility index (Phi) is 3.02. The Morgan fingerprint density at radius 2 is 2.46 bits per heavy atom. The molecule has 2 N–H and O–H groups in total. The summed E-state index contributed by atoms with van der Waals surface area (Å²) in [7, 11) is 1.67. The molecular formula is C8H14N4O. The maximum Gasteiger partial charge on any atom is 0.345 e. The van der Waals surface area contributed by atoms with Gasteiger partial charge in [0.1, 0.15) is 6.33 Å². The maximum absolute atomic E-state index is 11.3. The topological polar surface area (TPSA) is 65.8 Å². The van der Waals surface area contributed by atoms with Gasteiger partial charge in [-0.25, -0.2) is 9.48 Å². The van der Waals surface area contributed by atoms with E-state index < -0.39 is 0 Å². The molecule has 1 rings (SSSR count). The van der Waals surface area contributed by atoms with Gasteiger partial charge in [0.25, 0.3) is 0 Å². The van der Waals surface area contributed by atoms with Crippen molar-refractivity contribution in [3.05, 3.63) is 28.5 Å². The molecule has 0 aliphatic rings. The van der Waals surface area contributed by atoms with Crippen molar-refractivity contribution >= 4 is 0 Å². The first-order valence-electron chi connectivity index (χ1n) is 4.11. The Morgan fingerprint density at radius 3 is 2.85 bits per heavy atom. The van der Waals surface area contributed by atoms with E-state index in [9.17, 15) is 4.79 Å². The lowest BCUT2D eigenvalue weighted by Gasteiger charge is -2.01. The highest BCUT2D eigenvalue weighted by atomic mass is 16.2. The van der Waals surface area contributed by atoms with Crippen LogP contribution in [0.1, 0.15) is 6.92 Å². The summed E-state index contributed by atoms with van der Waals surface area (Å²) < 4.78 is 2.83. The predicted molar refractivity (Wildman–Crippen MR) is 50.3 cm³/mol. The van der Waals surface area contributed by atoms with Crippen molar-refractivity contribution in [1.29, 1.82) is 0 Å².